The Morgan fingerprint density at radius 3 is 2.09 bits per heavy atom. The summed E-state index contributed by atoms with van der Waals surface area (Å²) in [6, 6.07) is 4.89. The maximum absolute atomic E-state index is 12.9. The number of rotatable bonds is 1. The summed E-state index contributed by atoms with van der Waals surface area (Å²) < 4.78 is 0. The van der Waals surface area contributed by atoms with E-state index in [9.17, 15) is 9.59 Å². The van der Waals surface area contributed by atoms with E-state index in [0.29, 0.717) is 15.7 Å². The van der Waals surface area contributed by atoms with E-state index in [1.165, 1.54) is 4.90 Å². The van der Waals surface area contributed by atoms with Crippen LogP contribution in [0.25, 0.3) is 0 Å². The monoisotopic (exact) mass is 333 g/mol. The van der Waals surface area contributed by atoms with Gasteiger partial charge in [-0.25, -0.2) is 4.90 Å². The highest BCUT2D eigenvalue weighted by molar-refractivity contribution is 6.38. The van der Waals surface area contributed by atoms with Gasteiger partial charge in [-0.2, -0.15) is 0 Å². The third-order valence-corrected chi connectivity index (χ3v) is 6.54. The molecule has 5 heteroatoms. The van der Waals surface area contributed by atoms with Crippen molar-refractivity contribution in [3.8, 4) is 0 Å². The van der Waals surface area contributed by atoms with Crippen molar-refractivity contribution in [3.05, 3.63) is 40.4 Å². The second kappa shape index (κ2) is 3.95. The van der Waals surface area contributed by atoms with Crippen LogP contribution in [0.3, 0.4) is 0 Å². The first-order valence-corrected chi connectivity index (χ1v) is 8.31. The van der Waals surface area contributed by atoms with Gasteiger partial charge in [0.25, 0.3) is 0 Å². The number of allylic oxidation sites excluding steroid dienone is 2. The Bertz CT molecular complexity index is 734. The van der Waals surface area contributed by atoms with Crippen molar-refractivity contribution in [2.75, 3.05) is 4.90 Å². The molecule has 3 nitrogen and oxygen atoms in total. The van der Waals surface area contributed by atoms with Gasteiger partial charge in [0.05, 0.1) is 22.5 Å². The summed E-state index contributed by atoms with van der Waals surface area (Å²) in [6.07, 6.45) is 6.61. The lowest BCUT2D eigenvalue weighted by atomic mass is 9.85. The lowest BCUT2D eigenvalue weighted by Gasteiger charge is -2.22. The number of amides is 2. The Hall–Kier alpha value is -1.32. The Labute approximate surface area is 137 Å². The number of nitrogens with zero attached hydrogens (tertiary/aromatic N) is 1. The van der Waals surface area contributed by atoms with Crippen LogP contribution in [0, 0.1) is 29.1 Å². The smallest absolute Gasteiger partial charge is 0.238 e. The largest absolute Gasteiger partial charge is 0.274 e. The first-order chi connectivity index (χ1) is 10.5. The van der Waals surface area contributed by atoms with Gasteiger partial charge in [0.1, 0.15) is 0 Å². The average Bonchev–Trinajstić information content (AvgIpc) is 3.07. The second-order valence-electron chi connectivity index (χ2n) is 6.83. The highest BCUT2D eigenvalue weighted by Gasteiger charge is 2.73. The van der Waals surface area contributed by atoms with Crippen LogP contribution in [0.1, 0.15) is 12.8 Å². The van der Waals surface area contributed by atoms with Crippen LogP contribution in [-0.2, 0) is 9.59 Å². The Kier molecular flexibility index (Phi) is 2.36. The van der Waals surface area contributed by atoms with Crippen molar-refractivity contribution < 1.29 is 9.59 Å². The zero-order valence-corrected chi connectivity index (χ0v) is 13.1. The first-order valence-electron chi connectivity index (χ1n) is 7.56. The molecule has 3 aliphatic carbocycles. The summed E-state index contributed by atoms with van der Waals surface area (Å²) in [6.45, 7) is 0. The third kappa shape index (κ3) is 1.35. The van der Waals surface area contributed by atoms with Gasteiger partial charge in [-0.05, 0) is 48.3 Å². The van der Waals surface area contributed by atoms with Crippen molar-refractivity contribution in [2.45, 2.75) is 12.8 Å². The number of fused-ring (bicyclic) bond motifs is 3. The highest BCUT2D eigenvalue weighted by Crippen LogP contribution is 2.73. The highest BCUT2D eigenvalue weighted by atomic mass is 35.5. The summed E-state index contributed by atoms with van der Waals surface area (Å²) in [5.41, 5.74) is 0.677. The molecule has 4 aliphatic rings. The molecule has 4 unspecified atom stereocenters. The van der Waals surface area contributed by atoms with Crippen molar-refractivity contribution in [2.24, 2.45) is 29.1 Å². The van der Waals surface area contributed by atoms with Crippen molar-refractivity contribution in [1.82, 2.24) is 0 Å². The van der Waals surface area contributed by atoms with Gasteiger partial charge in [-0.1, -0.05) is 35.4 Å². The molecule has 0 aromatic heterocycles. The van der Waals surface area contributed by atoms with E-state index in [4.69, 9.17) is 23.2 Å². The van der Waals surface area contributed by atoms with Crippen LogP contribution in [0.4, 0.5) is 5.69 Å². The molecule has 4 atom stereocenters. The molecule has 22 heavy (non-hydrogen) atoms. The number of carbonyl (C=O) groups excluding carboxylic acids is 2. The molecule has 1 aromatic carbocycles. The molecule has 1 aromatic rings. The molecule has 1 spiro atoms. The van der Waals surface area contributed by atoms with Crippen LogP contribution in [0.2, 0.25) is 10.0 Å². The molecular formula is C17H13Cl2NO2. The minimum atomic E-state index is -0.197. The molecular weight excluding hydrogens is 321 g/mol. The number of imide groups is 1. The van der Waals surface area contributed by atoms with Gasteiger partial charge < -0.3 is 0 Å². The zero-order chi connectivity index (χ0) is 15.2. The van der Waals surface area contributed by atoms with Crippen molar-refractivity contribution >= 4 is 40.7 Å². The third-order valence-electron chi connectivity index (χ3n) is 6.00. The van der Waals surface area contributed by atoms with Crippen molar-refractivity contribution in [1.29, 1.82) is 0 Å². The zero-order valence-electron chi connectivity index (χ0n) is 11.6. The van der Waals surface area contributed by atoms with Gasteiger partial charge in [0.2, 0.25) is 11.8 Å². The topological polar surface area (TPSA) is 37.4 Å². The molecule has 3 fully saturated rings. The summed E-state index contributed by atoms with van der Waals surface area (Å²) >= 11 is 12.1. The summed E-state index contributed by atoms with van der Waals surface area (Å²) in [5.74, 6) is -0.122. The maximum Gasteiger partial charge on any atom is 0.238 e. The molecule has 1 aliphatic heterocycles. The maximum atomic E-state index is 12.9. The SMILES string of the molecule is O=C1C2C(C(=O)N1c1ccc(Cl)cc1Cl)C1C=CC2C12CC2. The molecule has 112 valence electrons. The normalized spacial score (nSPS) is 36.5. The predicted molar refractivity (Wildman–Crippen MR) is 83.7 cm³/mol. The fourth-order valence-electron chi connectivity index (χ4n) is 4.98. The second-order valence-corrected chi connectivity index (χ2v) is 7.67. The van der Waals surface area contributed by atoms with E-state index >= 15 is 0 Å². The molecule has 2 bridgehead atoms. The lowest BCUT2D eigenvalue weighted by Crippen LogP contribution is -2.34. The summed E-state index contributed by atoms with van der Waals surface area (Å²) in [4.78, 5) is 27.1. The molecule has 5 rings (SSSR count). The Balaban J connectivity index is 1.59. The minimum absolute atomic E-state index is 0.0950. The van der Waals surface area contributed by atoms with Gasteiger partial charge in [-0.3, -0.25) is 9.59 Å². The quantitative estimate of drug-likeness (QED) is 0.580. The van der Waals surface area contributed by atoms with Crippen molar-refractivity contribution in [3.63, 3.8) is 0 Å². The van der Waals surface area contributed by atoms with Crippen LogP contribution in [-0.4, -0.2) is 11.8 Å². The van der Waals surface area contributed by atoms with Gasteiger partial charge in [-0.15, -0.1) is 0 Å². The van der Waals surface area contributed by atoms with Crippen LogP contribution >= 0.6 is 23.2 Å². The van der Waals surface area contributed by atoms with Gasteiger partial charge >= 0.3 is 0 Å². The number of carbonyl (C=O) groups is 2. The number of halogens is 2. The number of hydrogen-bond donors (Lipinski definition) is 0. The minimum Gasteiger partial charge on any atom is -0.274 e. The van der Waals surface area contributed by atoms with E-state index in [1.807, 2.05) is 0 Å². The molecule has 1 saturated heterocycles. The number of benzene rings is 1. The molecule has 1 heterocycles. The fourth-order valence-corrected chi connectivity index (χ4v) is 5.47. The fraction of sp³-hybridized carbons (Fsp3) is 0.412. The van der Waals surface area contributed by atoms with Crippen LogP contribution < -0.4 is 4.90 Å². The van der Waals surface area contributed by atoms with Crippen LogP contribution in [0.15, 0.2) is 30.4 Å². The average molecular weight is 334 g/mol. The number of anilines is 1. The number of hydrogen-bond acceptors (Lipinski definition) is 2. The predicted octanol–water partition coefficient (Wildman–Crippen LogP) is 3.70. The van der Waals surface area contributed by atoms with E-state index in [1.54, 1.807) is 18.2 Å². The molecule has 2 amide bonds. The summed E-state index contributed by atoms with van der Waals surface area (Å²) in [5, 5.41) is 0.835. The van der Waals surface area contributed by atoms with E-state index in [2.05, 4.69) is 12.2 Å². The van der Waals surface area contributed by atoms with E-state index < -0.39 is 0 Å². The Morgan fingerprint density at radius 1 is 1.00 bits per heavy atom. The lowest BCUT2D eigenvalue weighted by molar-refractivity contribution is -0.123. The molecule has 2 saturated carbocycles. The van der Waals surface area contributed by atoms with Crippen LogP contribution in [0.5, 0.6) is 0 Å². The Morgan fingerprint density at radius 2 is 1.59 bits per heavy atom. The first kappa shape index (κ1) is 13.1. The van der Waals surface area contributed by atoms with E-state index in [0.717, 1.165) is 12.8 Å². The molecule has 0 N–H and O–H groups in total. The van der Waals surface area contributed by atoms with E-state index in [-0.39, 0.29) is 40.9 Å². The molecule has 0 radical (unpaired) electrons. The standard InChI is InChI=1S/C17H13Cl2NO2/c18-8-1-4-12(11(19)7-8)20-15(21)13-9-2-3-10(14(13)16(20)22)17(9)5-6-17/h1-4,7,9-10,13-14H,5-6H2. The van der Waals surface area contributed by atoms with Gasteiger partial charge in [0, 0.05) is 5.02 Å². The van der Waals surface area contributed by atoms with Gasteiger partial charge in [0.15, 0.2) is 0 Å². The summed E-state index contributed by atoms with van der Waals surface area (Å²) in [7, 11) is 0.